The zero-order chi connectivity index (χ0) is 17.6. The molecule has 136 valence electrons. The second-order valence-electron chi connectivity index (χ2n) is 7.36. The molecule has 0 spiro atoms. The number of hydrogen-bond donors (Lipinski definition) is 1. The van der Waals surface area contributed by atoms with Gasteiger partial charge in [-0.2, -0.15) is 0 Å². The highest BCUT2D eigenvalue weighted by atomic mass is 16.2. The normalized spacial score (nSPS) is 18.4. The van der Waals surface area contributed by atoms with Crippen LogP contribution in [0.3, 0.4) is 0 Å². The molecule has 25 heavy (non-hydrogen) atoms. The van der Waals surface area contributed by atoms with Crippen molar-refractivity contribution < 1.29 is 9.59 Å². The molecule has 2 fully saturated rings. The Labute approximate surface area is 150 Å². The summed E-state index contributed by atoms with van der Waals surface area (Å²) in [5.74, 6) is 1.01. The van der Waals surface area contributed by atoms with E-state index in [2.05, 4.69) is 5.32 Å². The summed E-state index contributed by atoms with van der Waals surface area (Å²) in [6, 6.07) is 7.72. The second-order valence-corrected chi connectivity index (χ2v) is 7.36. The van der Waals surface area contributed by atoms with Crippen molar-refractivity contribution >= 4 is 17.6 Å². The van der Waals surface area contributed by atoms with Gasteiger partial charge in [-0.3, -0.25) is 4.79 Å². The van der Waals surface area contributed by atoms with Gasteiger partial charge in [-0.15, -0.1) is 0 Å². The Bertz CT molecular complexity index is 603. The van der Waals surface area contributed by atoms with Crippen molar-refractivity contribution in [3.8, 4) is 0 Å². The number of carbonyl (C=O) groups is 2. The lowest BCUT2D eigenvalue weighted by Gasteiger charge is -2.35. The molecular weight excluding hydrogens is 314 g/mol. The standard InChI is InChI=1S/C20H29N3O2/c1-16-5-4-8-18(15-16)21-20(25)23-13-11-22(12-14-23)19(24)10-9-17-6-2-3-7-17/h4-5,8,15,17H,2-3,6-7,9-14H2,1H3,(H,21,25). The third-order valence-electron chi connectivity index (χ3n) is 5.43. The van der Waals surface area contributed by atoms with Crippen LogP contribution in [0.15, 0.2) is 24.3 Å². The summed E-state index contributed by atoms with van der Waals surface area (Å²) in [4.78, 5) is 28.4. The molecule has 5 heteroatoms. The summed E-state index contributed by atoms with van der Waals surface area (Å²) in [6.45, 7) is 4.50. The molecule has 1 N–H and O–H groups in total. The number of carbonyl (C=O) groups excluding carboxylic acids is 2. The van der Waals surface area contributed by atoms with Crippen molar-refractivity contribution in [1.82, 2.24) is 9.80 Å². The first-order valence-corrected chi connectivity index (χ1v) is 9.52. The predicted octanol–water partition coefficient (Wildman–Crippen LogP) is 3.64. The van der Waals surface area contributed by atoms with E-state index in [0.29, 0.717) is 32.6 Å². The molecule has 1 aromatic rings. The maximum atomic E-state index is 12.4. The number of amides is 3. The maximum absolute atomic E-state index is 12.4. The van der Waals surface area contributed by atoms with Crippen LogP contribution in [0.4, 0.5) is 10.5 Å². The zero-order valence-corrected chi connectivity index (χ0v) is 15.2. The number of urea groups is 1. The van der Waals surface area contributed by atoms with E-state index in [-0.39, 0.29) is 11.9 Å². The van der Waals surface area contributed by atoms with Gasteiger partial charge in [0.2, 0.25) is 5.91 Å². The Morgan fingerprint density at radius 1 is 1.08 bits per heavy atom. The minimum Gasteiger partial charge on any atom is -0.339 e. The van der Waals surface area contributed by atoms with Gasteiger partial charge in [-0.25, -0.2) is 4.79 Å². The van der Waals surface area contributed by atoms with Gasteiger partial charge in [0.25, 0.3) is 0 Å². The van der Waals surface area contributed by atoms with E-state index >= 15 is 0 Å². The molecule has 1 aliphatic carbocycles. The number of piperazine rings is 1. The van der Waals surface area contributed by atoms with Crippen molar-refractivity contribution in [2.75, 3.05) is 31.5 Å². The Kier molecular flexibility index (Phi) is 5.95. The van der Waals surface area contributed by atoms with Gasteiger partial charge in [-0.1, -0.05) is 37.8 Å². The summed E-state index contributed by atoms with van der Waals surface area (Å²) in [6.07, 6.45) is 6.94. The van der Waals surface area contributed by atoms with Crippen LogP contribution < -0.4 is 5.32 Å². The lowest BCUT2D eigenvalue weighted by Crippen LogP contribution is -2.51. The highest BCUT2D eigenvalue weighted by Crippen LogP contribution is 2.28. The van der Waals surface area contributed by atoms with Crippen LogP contribution in [0.25, 0.3) is 0 Å². The highest BCUT2D eigenvalue weighted by molar-refractivity contribution is 5.89. The van der Waals surface area contributed by atoms with Gasteiger partial charge in [0.05, 0.1) is 0 Å². The van der Waals surface area contributed by atoms with Crippen LogP contribution >= 0.6 is 0 Å². The van der Waals surface area contributed by atoms with E-state index in [0.717, 1.165) is 23.6 Å². The van der Waals surface area contributed by atoms with Crippen LogP contribution in [0.1, 0.15) is 44.1 Å². The molecule has 3 amide bonds. The Morgan fingerprint density at radius 2 is 1.76 bits per heavy atom. The average Bonchev–Trinajstić information content (AvgIpc) is 3.13. The highest BCUT2D eigenvalue weighted by Gasteiger charge is 2.25. The monoisotopic (exact) mass is 343 g/mol. The van der Waals surface area contributed by atoms with Crippen LogP contribution in [0.2, 0.25) is 0 Å². The third-order valence-corrected chi connectivity index (χ3v) is 5.43. The number of rotatable bonds is 4. The van der Waals surface area contributed by atoms with E-state index in [1.807, 2.05) is 36.1 Å². The Morgan fingerprint density at radius 3 is 2.44 bits per heavy atom. The van der Waals surface area contributed by atoms with Crippen molar-refractivity contribution in [2.24, 2.45) is 5.92 Å². The van der Waals surface area contributed by atoms with E-state index in [1.165, 1.54) is 25.7 Å². The smallest absolute Gasteiger partial charge is 0.321 e. The molecule has 1 saturated heterocycles. The molecule has 3 rings (SSSR count). The Balaban J connectivity index is 1.41. The number of nitrogens with one attached hydrogen (secondary N) is 1. The zero-order valence-electron chi connectivity index (χ0n) is 15.2. The van der Waals surface area contributed by atoms with Crippen LogP contribution in [0.5, 0.6) is 0 Å². The Hall–Kier alpha value is -2.04. The topological polar surface area (TPSA) is 52.7 Å². The summed E-state index contributed by atoms with van der Waals surface area (Å²) in [5, 5.41) is 2.94. The third kappa shape index (κ3) is 4.97. The summed E-state index contributed by atoms with van der Waals surface area (Å²) in [5.41, 5.74) is 1.94. The van der Waals surface area contributed by atoms with Crippen LogP contribution in [0, 0.1) is 12.8 Å². The first-order chi connectivity index (χ1) is 12.1. The lowest BCUT2D eigenvalue weighted by molar-refractivity contribution is -0.132. The molecule has 0 atom stereocenters. The van der Waals surface area contributed by atoms with Crippen LogP contribution in [-0.4, -0.2) is 47.9 Å². The quantitative estimate of drug-likeness (QED) is 0.907. The summed E-state index contributed by atoms with van der Waals surface area (Å²) < 4.78 is 0. The molecule has 1 saturated carbocycles. The molecule has 1 aromatic carbocycles. The lowest BCUT2D eigenvalue weighted by atomic mass is 10.0. The van der Waals surface area contributed by atoms with E-state index in [4.69, 9.17) is 0 Å². The van der Waals surface area contributed by atoms with Gasteiger partial charge in [0.15, 0.2) is 0 Å². The number of hydrogen-bond acceptors (Lipinski definition) is 2. The molecule has 0 bridgehead atoms. The molecule has 5 nitrogen and oxygen atoms in total. The summed E-state index contributed by atoms with van der Waals surface area (Å²) in [7, 11) is 0. The largest absolute Gasteiger partial charge is 0.339 e. The van der Waals surface area contributed by atoms with Gasteiger partial charge in [0.1, 0.15) is 0 Å². The fraction of sp³-hybridized carbons (Fsp3) is 0.600. The first-order valence-electron chi connectivity index (χ1n) is 9.52. The van der Waals surface area contributed by atoms with Gasteiger partial charge in [0, 0.05) is 38.3 Å². The SMILES string of the molecule is Cc1cccc(NC(=O)N2CCN(C(=O)CCC3CCCC3)CC2)c1. The van der Waals surface area contributed by atoms with Gasteiger partial charge >= 0.3 is 6.03 Å². The van der Waals surface area contributed by atoms with E-state index in [9.17, 15) is 9.59 Å². The average molecular weight is 343 g/mol. The van der Waals surface area contributed by atoms with Crippen molar-refractivity contribution in [3.05, 3.63) is 29.8 Å². The minimum absolute atomic E-state index is 0.0799. The number of anilines is 1. The van der Waals surface area contributed by atoms with Crippen molar-refractivity contribution in [1.29, 1.82) is 0 Å². The molecule has 1 aliphatic heterocycles. The minimum atomic E-state index is -0.0799. The van der Waals surface area contributed by atoms with Crippen LogP contribution in [-0.2, 0) is 4.79 Å². The molecule has 0 radical (unpaired) electrons. The first kappa shape index (κ1) is 17.8. The van der Waals surface area contributed by atoms with E-state index in [1.54, 1.807) is 4.90 Å². The molecular formula is C20H29N3O2. The molecule has 0 unspecified atom stereocenters. The number of nitrogens with zero attached hydrogens (tertiary/aromatic N) is 2. The summed E-state index contributed by atoms with van der Waals surface area (Å²) >= 11 is 0. The molecule has 1 heterocycles. The maximum Gasteiger partial charge on any atom is 0.321 e. The van der Waals surface area contributed by atoms with Crippen molar-refractivity contribution in [2.45, 2.75) is 45.4 Å². The second kappa shape index (κ2) is 8.37. The number of benzene rings is 1. The fourth-order valence-corrected chi connectivity index (χ4v) is 3.87. The van der Waals surface area contributed by atoms with E-state index < -0.39 is 0 Å². The number of aryl methyl sites for hydroxylation is 1. The van der Waals surface area contributed by atoms with Crippen molar-refractivity contribution in [3.63, 3.8) is 0 Å². The van der Waals surface area contributed by atoms with Gasteiger partial charge < -0.3 is 15.1 Å². The fourth-order valence-electron chi connectivity index (χ4n) is 3.87. The molecule has 0 aromatic heterocycles. The predicted molar refractivity (Wildman–Crippen MR) is 99.5 cm³/mol. The van der Waals surface area contributed by atoms with Gasteiger partial charge in [-0.05, 0) is 37.0 Å². The molecule has 2 aliphatic rings.